The molecule has 0 bridgehead atoms. The van der Waals surface area contributed by atoms with Gasteiger partial charge in [-0.05, 0) is 18.1 Å². The predicted octanol–water partition coefficient (Wildman–Crippen LogP) is 1.76. The summed E-state index contributed by atoms with van der Waals surface area (Å²) in [5.74, 6) is -0.137. The van der Waals surface area contributed by atoms with E-state index >= 15 is 0 Å². The van der Waals surface area contributed by atoms with E-state index in [4.69, 9.17) is 5.73 Å². The first kappa shape index (κ1) is 12.1. The van der Waals surface area contributed by atoms with E-state index < -0.39 is 0 Å². The maximum Gasteiger partial charge on any atom is 0.278 e. The van der Waals surface area contributed by atoms with Crippen LogP contribution < -0.4 is 11.1 Å². The maximum absolute atomic E-state index is 12.0. The Morgan fingerprint density at radius 3 is 2.61 bits per heavy atom. The minimum atomic E-state index is -0.332. The molecule has 2 aromatic heterocycles. The lowest BCUT2D eigenvalue weighted by atomic mass is 10.1. The smallest absolute Gasteiger partial charge is 0.278 e. The molecule has 94 valence electrons. The lowest BCUT2D eigenvalue weighted by Gasteiger charge is -2.04. The Morgan fingerprint density at radius 1 is 1.39 bits per heavy atom. The largest absolute Gasteiger partial charge is 0.395 e. The molecule has 0 aliphatic heterocycles. The highest BCUT2D eigenvalue weighted by Crippen LogP contribution is 2.22. The maximum atomic E-state index is 12.0. The molecular formula is C12H15N5O. The Labute approximate surface area is 105 Å². The number of pyridine rings is 1. The van der Waals surface area contributed by atoms with Crippen molar-refractivity contribution >= 4 is 17.3 Å². The minimum Gasteiger partial charge on any atom is -0.395 e. The van der Waals surface area contributed by atoms with Gasteiger partial charge in [0.2, 0.25) is 0 Å². The van der Waals surface area contributed by atoms with Gasteiger partial charge in [-0.25, -0.2) is 0 Å². The van der Waals surface area contributed by atoms with E-state index in [0.717, 1.165) is 5.69 Å². The topological polar surface area (TPSA) is 96.7 Å². The van der Waals surface area contributed by atoms with Crippen LogP contribution in [0.1, 0.15) is 35.9 Å². The van der Waals surface area contributed by atoms with E-state index in [1.807, 2.05) is 13.8 Å². The molecule has 0 saturated heterocycles. The number of nitrogens with two attached hydrogens (primary N) is 1. The van der Waals surface area contributed by atoms with Crippen LogP contribution in [0.15, 0.2) is 24.5 Å². The lowest BCUT2D eigenvalue weighted by Crippen LogP contribution is -2.14. The second-order valence-corrected chi connectivity index (χ2v) is 4.24. The fourth-order valence-corrected chi connectivity index (χ4v) is 1.60. The highest BCUT2D eigenvalue weighted by Gasteiger charge is 2.18. The molecule has 0 aliphatic carbocycles. The number of H-pyrrole nitrogens is 1. The number of rotatable bonds is 3. The Morgan fingerprint density at radius 2 is 2.06 bits per heavy atom. The fourth-order valence-electron chi connectivity index (χ4n) is 1.60. The number of hydrogen-bond donors (Lipinski definition) is 3. The molecule has 0 radical (unpaired) electrons. The highest BCUT2D eigenvalue weighted by molar-refractivity contribution is 6.06. The van der Waals surface area contributed by atoms with Crippen LogP contribution in [-0.4, -0.2) is 21.1 Å². The molecule has 6 heteroatoms. The molecule has 0 aromatic carbocycles. The first-order chi connectivity index (χ1) is 8.59. The second-order valence-electron chi connectivity index (χ2n) is 4.24. The molecule has 0 spiro atoms. The summed E-state index contributed by atoms with van der Waals surface area (Å²) in [4.78, 5) is 15.8. The van der Waals surface area contributed by atoms with E-state index in [-0.39, 0.29) is 17.5 Å². The predicted molar refractivity (Wildman–Crippen MR) is 69.3 cm³/mol. The van der Waals surface area contributed by atoms with Crippen LogP contribution in [0.5, 0.6) is 0 Å². The molecule has 0 saturated carbocycles. The van der Waals surface area contributed by atoms with Crippen LogP contribution in [0.3, 0.4) is 0 Å². The number of aromatic amines is 1. The van der Waals surface area contributed by atoms with Crippen molar-refractivity contribution in [1.29, 1.82) is 0 Å². The van der Waals surface area contributed by atoms with Gasteiger partial charge in [-0.1, -0.05) is 13.8 Å². The third-order valence-corrected chi connectivity index (χ3v) is 2.56. The van der Waals surface area contributed by atoms with Crippen molar-refractivity contribution in [2.75, 3.05) is 11.1 Å². The van der Waals surface area contributed by atoms with Gasteiger partial charge in [-0.15, -0.1) is 0 Å². The average Bonchev–Trinajstić information content (AvgIpc) is 2.72. The SMILES string of the molecule is CC(C)c1[nH]nc(C(=O)Nc2ccncc2)c1N. The normalized spacial score (nSPS) is 10.6. The third kappa shape index (κ3) is 2.32. The lowest BCUT2D eigenvalue weighted by molar-refractivity contribution is 0.102. The summed E-state index contributed by atoms with van der Waals surface area (Å²) in [6, 6.07) is 3.40. The highest BCUT2D eigenvalue weighted by atomic mass is 16.2. The van der Waals surface area contributed by atoms with Crippen molar-refractivity contribution in [3.63, 3.8) is 0 Å². The third-order valence-electron chi connectivity index (χ3n) is 2.56. The van der Waals surface area contributed by atoms with E-state index in [0.29, 0.717) is 11.4 Å². The van der Waals surface area contributed by atoms with Gasteiger partial charge in [0.25, 0.3) is 5.91 Å². The van der Waals surface area contributed by atoms with Crippen LogP contribution in [0, 0.1) is 0 Å². The molecule has 0 fully saturated rings. The van der Waals surface area contributed by atoms with Crippen molar-refractivity contribution in [2.45, 2.75) is 19.8 Å². The van der Waals surface area contributed by atoms with E-state index in [1.165, 1.54) is 0 Å². The summed E-state index contributed by atoms with van der Waals surface area (Å²) in [5.41, 5.74) is 7.94. The second kappa shape index (κ2) is 4.87. The van der Waals surface area contributed by atoms with Crippen molar-refractivity contribution < 1.29 is 4.79 Å². The number of carbonyl (C=O) groups is 1. The van der Waals surface area contributed by atoms with Crippen molar-refractivity contribution in [3.05, 3.63) is 35.9 Å². The van der Waals surface area contributed by atoms with E-state index in [1.54, 1.807) is 24.5 Å². The van der Waals surface area contributed by atoms with E-state index in [2.05, 4.69) is 20.5 Å². The number of nitrogens with zero attached hydrogens (tertiary/aromatic N) is 2. The van der Waals surface area contributed by atoms with Gasteiger partial charge in [-0.3, -0.25) is 14.9 Å². The Balaban J connectivity index is 2.20. The number of nitrogens with one attached hydrogen (secondary N) is 2. The summed E-state index contributed by atoms with van der Waals surface area (Å²) in [6.45, 7) is 3.96. The zero-order valence-electron chi connectivity index (χ0n) is 10.3. The van der Waals surface area contributed by atoms with Gasteiger partial charge in [-0.2, -0.15) is 5.10 Å². The molecule has 4 N–H and O–H groups in total. The van der Waals surface area contributed by atoms with Gasteiger partial charge in [0.1, 0.15) is 0 Å². The summed E-state index contributed by atoms with van der Waals surface area (Å²) in [7, 11) is 0. The number of anilines is 2. The fraction of sp³-hybridized carbons (Fsp3) is 0.250. The Bertz CT molecular complexity index is 547. The van der Waals surface area contributed by atoms with Crippen LogP contribution in [0.2, 0.25) is 0 Å². The first-order valence-electron chi connectivity index (χ1n) is 5.64. The van der Waals surface area contributed by atoms with Gasteiger partial charge < -0.3 is 11.1 Å². The number of aromatic nitrogens is 3. The molecule has 0 unspecified atom stereocenters. The van der Waals surface area contributed by atoms with Gasteiger partial charge in [0, 0.05) is 18.1 Å². The summed E-state index contributed by atoms with van der Waals surface area (Å²) < 4.78 is 0. The quantitative estimate of drug-likeness (QED) is 0.767. The summed E-state index contributed by atoms with van der Waals surface area (Å²) in [5, 5.41) is 9.46. The van der Waals surface area contributed by atoms with Gasteiger partial charge in [0.05, 0.1) is 11.4 Å². The summed E-state index contributed by atoms with van der Waals surface area (Å²) >= 11 is 0. The van der Waals surface area contributed by atoms with Crippen LogP contribution in [0.4, 0.5) is 11.4 Å². The molecular weight excluding hydrogens is 230 g/mol. The van der Waals surface area contributed by atoms with Crippen LogP contribution in [0.25, 0.3) is 0 Å². The van der Waals surface area contributed by atoms with Crippen molar-refractivity contribution in [3.8, 4) is 0 Å². The molecule has 0 aliphatic rings. The number of amides is 1. The van der Waals surface area contributed by atoms with Crippen molar-refractivity contribution in [2.24, 2.45) is 0 Å². The zero-order chi connectivity index (χ0) is 13.1. The Hall–Kier alpha value is -2.37. The molecule has 2 heterocycles. The van der Waals surface area contributed by atoms with Gasteiger partial charge in [0.15, 0.2) is 5.69 Å². The molecule has 6 nitrogen and oxygen atoms in total. The first-order valence-corrected chi connectivity index (χ1v) is 5.64. The van der Waals surface area contributed by atoms with Gasteiger partial charge >= 0.3 is 0 Å². The van der Waals surface area contributed by atoms with E-state index in [9.17, 15) is 4.79 Å². The zero-order valence-corrected chi connectivity index (χ0v) is 10.3. The van der Waals surface area contributed by atoms with Crippen LogP contribution >= 0.6 is 0 Å². The number of carbonyl (C=O) groups excluding carboxylic acids is 1. The van der Waals surface area contributed by atoms with Crippen molar-refractivity contribution in [1.82, 2.24) is 15.2 Å². The molecule has 2 aromatic rings. The monoisotopic (exact) mass is 245 g/mol. The molecule has 0 atom stereocenters. The number of nitrogen functional groups attached to an aromatic ring is 1. The minimum absolute atomic E-state index is 0.194. The molecule has 1 amide bonds. The van der Waals surface area contributed by atoms with Crippen LogP contribution in [-0.2, 0) is 0 Å². The number of hydrogen-bond acceptors (Lipinski definition) is 4. The summed E-state index contributed by atoms with van der Waals surface area (Å²) in [6.07, 6.45) is 3.20. The molecule has 18 heavy (non-hydrogen) atoms. The average molecular weight is 245 g/mol. The molecule has 2 rings (SSSR count). The standard InChI is InChI=1S/C12H15N5O/c1-7(2)10-9(13)11(17-16-10)12(18)15-8-3-5-14-6-4-8/h3-7H,13H2,1-2H3,(H,16,17)(H,14,15,18). The Kier molecular flexibility index (Phi) is 3.27.